The molecule has 1 amide bonds. The molecule has 0 aliphatic carbocycles. The van der Waals surface area contributed by atoms with Crippen LogP contribution in [0.25, 0.3) is 5.52 Å². The highest BCUT2D eigenvalue weighted by Crippen LogP contribution is 2.21. The van der Waals surface area contributed by atoms with Crippen molar-refractivity contribution in [3.63, 3.8) is 0 Å². The summed E-state index contributed by atoms with van der Waals surface area (Å²) in [7, 11) is 4.10. The normalized spacial score (nSPS) is 19.4. The Hall–Kier alpha value is -1.95. The first-order chi connectivity index (χ1) is 10.2. The summed E-state index contributed by atoms with van der Waals surface area (Å²) in [5.41, 5.74) is 1.42. The predicted molar refractivity (Wildman–Crippen MR) is 80.2 cm³/mol. The molecule has 1 atom stereocenters. The van der Waals surface area contributed by atoms with Gasteiger partial charge in [0.05, 0.1) is 11.8 Å². The molecular formula is C15H21N5O. The van der Waals surface area contributed by atoms with Crippen LogP contribution in [-0.4, -0.2) is 63.8 Å². The molecule has 1 fully saturated rings. The van der Waals surface area contributed by atoms with Crippen molar-refractivity contribution >= 4 is 11.4 Å². The van der Waals surface area contributed by atoms with Crippen molar-refractivity contribution in [3.8, 4) is 0 Å². The second kappa shape index (κ2) is 5.81. The zero-order valence-corrected chi connectivity index (χ0v) is 12.6. The average Bonchev–Trinajstić information content (AvgIpc) is 2.90. The van der Waals surface area contributed by atoms with Gasteiger partial charge < -0.3 is 9.80 Å². The fourth-order valence-electron chi connectivity index (χ4n) is 3.03. The van der Waals surface area contributed by atoms with Gasteiger partial charge in [0.15, 0.2) is 0 Å². The summed E-state index contributed by atoms with van der Waals surface area (Å²) in [6, 6.07) is 4.01. The first-order valence-corrected chi connectivity index (χ1v) is 7.41. The van der Waals surface area contributed by atoms with Gasteiger partial charge in [0, 0.05) is 25.3 Å². The monoisotopic (exact) mass is 287 g/mol. The van der Waals surface area contributed by atoms with Gasteiger partial charge in [-0.25, -0.2) is 0 Å². The number of aromatic nitrogens is 3. The minimum atomic E-state index is 0.0737. The summed E-state index contributed by atoms with van der Waals surface area (Å²) in [6.07, 6.45) is 6.64. The Bertz CT molecular complexity index is 636. The van der Waals surface area contributed by atoms with Gasteiger partial charge in [-0.15, -0.1) is 0 Å². The van der Waals surface area contributed by atoms with Crippen molar-refractivity contribution in [3.05, 3.63) is 30.1 Å². The molecule has 0 aromatic carbocycles. The number of hydrogen-bond donors (Lipinski definition) is 0. The fourth-order valence-corrected chi connectivity index (χ4v) is 3.03. The maximum absolute atomic E-state index is 12.9. The molecule has 0 spiro atoms. The molecule has 3 heterocycles. The highest BCUT2D eigenvalue weighted by atomic mass is 16.2. The second-order valence-corrected chi connectivity index (χ2v) is 5.87. The van der Waals surface area contributed by atoms with Crippen LogP contribution in [0.1, 0.15) is 29.6 Å². The van der Waals surface area contributed by atoms with Crippen molar-refractivity contribution in [2.24, 2.45) is 0 Å². The van der Waals surface area contributed by atoms with Crippen molar-refractivity contribution in [2.45, 2.75) is 25.3 Å². The highest BCUT2D eigenvalue weighted by Gasteiger charge is 2.29. The number of carbonyl (C=O) groups excluding carboxylic acids is 1. The van der Waals surface area contributed by atoms with Crippen LogP contribution >= 0.6 is 0 Å². The van der Waals surface area contributed by atoms with E-state index < -0.39 is 0 Å². The predicted octanol–water partition coefficient (Wildman–Crippen LogP) is 1.29. The van der Waals surface area contributed by atoms with Crippen molar-refractivity contribution in [2.75, 3.05) is 27.2 Å². The average molecular weight is 287 g/mol. The van der Waals surface area contributed by atoms with E-state index in [1.165, 1.54) is 11.1 Å². The van der Waals surface area contributed by atoms with Crippen LogP contribution in [0.15, 0.2) is 24.5 Å². The van der Waals surface area contributed by atoms with E-state index in [1.54, 1.807) is 12.4 Å². The van der Waals surface area contributed by atoms with Crippen LogP contribution in [-0.2, 0) is 0 Å². The quantitative estimate of drug-likeness (QED) is 0.853. The number of likely N-dealkylation sites (tertiary alicyclic amines) is 1. The van der Waals surface area contributed by atoms with Crippen LogP contribution in [0, 0.1) is 0 Å². The zero-order chi connectivity index (χ0) is 14.8. The highest BCUT2D eigenvalue weighted by molar-refractivity contribution is 6.00. The van der Waals surface area contributed by atoms with Gasteiger partial charge in [-0.3, -0.25) is 4.79 Å². The van der Waals surface area contributed by atoms with E-state index in [-0.39, 0.29) is 11.9 Å². The van der Waals surface area contributed by atoms with Gasteiger partial charge in [0.2, 0.25) is 0 Å². The third-order valence-electron chi connectivity index (χ3n) is 4.00. The molecule has 6 nitrogen and oxygen atoms in total. The van der Waals surface area contributed by atoms with E-state index in [1.807, 2.05) is 17.0 Å². The third kappa shape index (κ3) is 2.76. The van der Waals surface area contributed by atoms with Gasteiger partial charge in [0.1, 0.15) is 5.52 Å². The number of nitrogens with zero attached hydrogens (tertiary/aromatic N) is 5. The Morgan fingerprint density at radius 2 is 2.24 bits per heavy atom. The lowest BCUT2D eigenvalue weighted by molar-refractivity contribution is 0.0576. The van der Waals surface area contributed by atoms with Crippen molar-refractivity contribution < 1.29 is 4.79 Å². The van der Waals surface area contributed by atoms with E-state index in [4.69, 9.17) is 0 Å². The molecule has 1 aliphatic rings. The molecule has 3 rings (SSSR count). The maximum Gasteiger partial charge on any atom is 0.258 e. The Morgan fingerprint density at radius 1 is 1.38 bits per heavy atom. The Kier molecular flexibility index (Phi) is 3.88. The lowest BCUT2D eigenvalue weighted by Crippen LogP contribution is -2.48. The van der Waals surface area contributed by atoms with Crippen LogP contribution in [0.3, 0.4) is 0 Å². The molecule has 0 saturated carbocycles. The number of carbonyl (C=O) groups is 1. The summed E-state index contributed by atoms with van der Waals surface area (Å²) >= 11 is 0. The maximum atomic E-state index is 12.9. The van der Waals surface area contributed by atoms with E-state index >= 15 is 0 Å². The molecule has 1 aliphatic heterocycles. The van der Waals surface area contributed by atoms with E-state index in [0.29, 0.717) is 5.56 Å². The summed E-state index contributed by atoms with van der Waals surface area (Å²) in [5.74, 6) is 0.0737. The number of fused-ring (bicyclic) bond motifs is 1. The summed E-state index contributed by atoms with van der Waals surface area (Å²) in [6.45, 7) is 1.73. The standard InChI is InChI=1S/C15H21N5O/c1-18(2)11-12-6-3-4-9-19(12)15(21)13-10-17-20-14(13)7-5-8-16-20/h5,7-8,10,12H,3-4,6,9,11H2,1-2H3/t12-/m1/s1. The smallest absolute Gasteiger partial charge is 0.258 e. The van der Waals surface area contributed by atoms with Crippen molar-refractivity contribution in [1.29, 1.82) is 0 Å². The minimum Gasteiger partial charge on any atom is -0.334 e. The van der Waals surface area contributed by atoms with Crippen LogP contribution < -0.4 is 0 Å². The fraction of sp³-hybridized carbons (Fsp3) is 0.533. The Morgan fingerprint density at radius 3 is 3.05 bits per heavy atom. The largest absolute Gasteiger partial charge is 0.334 e. The first kappa shape index (κ1) is 14.0. The van der Waals surface area contributed by atoms with Crippen LogP contribution in [0.5, 0.6) is 0 Å². The van der Waals surface area contributed by atoms with Gasteiger partial charge in [0.25, 0.3) is 5.91 Å². The Balaban J connectivity index is 1.88. The molecule has 112 valence electrons. The number of piperidine rings is 1. The molecule has 2 aromatic heterocycles. The summed E-state index contributed by atoms with van der Waals surface area (Å²) in [5, 5.41) is 8.29. The molecule has 0 N–H and O–H groups in total. The van der Waals surface area contributed by atoms with E-state index in [2.05, 4.69) is 29.2 Å². The second-order valence-electron chi connectivity index (χ2n) is 5.87. The van der Waals surface area contributed by atoms with Gasteiger partial charge in [-0.2, -0.15) is 14.8 Å². The SMILES string of the molecule is CN(C)C[C@H]1CCCCN1C(=O)c1cnn2ncccc12. The summed E-state index contributed by atoms with van der Waals surface area (Å²) in [4.78, 5) is 17.0. The molecule has 1 saturated heterocycles. The molecule has 2 aromatic rings. The van der Waals surface area contributed by atoms with E-state index in [9.17, 15) is 4.79 Å². The Labute approximate surface area is 124 Å². The van der Waals surface area contributed by atoms with Gasteiger partial charge in [-0.1, -0.05) is 0 Å². The number of amides is 1. The van der Waals surface area contributed by atoms with Gasteiger partial charge in [-0.05, 0) is 45.5 Å². The first-order valence-electron chi connectivity index (χ1n) is 7.41. The number of likely N-dealkylation sites (N-methyl/N-ethyl adjacent to an activating group) is 1. The van der Waals surface area contributed by atoms with Crippen molar-refractivity contribution in [1.82, 2.24) is 24.6 Å². The molecule has 21 heavy (non-hydrogen) atoms. The molecule has 0 unspecified atom stereocenters. The van der Waals surface area contributed by atoms with Crippen LogP contribution in [0.2, 0.25) is 0 Å². The minimum absolute atomic E-state index is 0.0737. The molecule has 0 radical (unpaired) electrons. The number of hydrogen-bond acceptors (Lipinski definition) is 4. The van der Waals surface area contributed by atoms with Gasteiger partial charge >= 0.3 is 0 Å². The lowest BCUT2D eigenvalue weighted by Gasteiger charge is -2.37. The lowest BCUT2D eigenvalue weighted by atomic mass is 10.0. The molecule has 0 bridgehead atoms. The topological polar surface area (TPSA) is 53.7 Å². The number of rotatable bonds is 3. The third-order valence-corrected chi connectivity index (χ3v) is 4.00. The summed E-state index contributed by atoms with van der Waals surface area (Å²) < 4.78 is 1.51. The van der Waals surface area contributed by atoms with Crippen LogP contribution in [0.4, 0.5) is 0 Å². The zero-order valence-electron chi connectivity index (χ0n) is 12.6. The van der Waals surface area contributed by atoms with E-state index in [0.717, 1.165) is 31.4 Å². The molecular weight excluding hydrogens is 266 g/mol. The molecule has 6 heteroatoms.